The summed E-state index contributed by atoms with van der Waals surface area (Å²) in [4.78, 5) is 13.6. The third-order valence-corrected chi connectivity index (χ3v) is 3.31. The van der Waals surface area contributed by atoms with E-state index in [4.69, 9.17) is 11.5 Å². The van der Waals surface area contributed by atoms with Crippen molar-refractivity contribution in [3.63, 3.8) is 0 Å². The van der Waals surface area contributed by atoms with Gasteiger partial charge in [0.05, 0.1) is 17.9 Å². The van der Waals surface area contributed by atoms with Crippen LogP contribution in [0, 0.1) is 6.92 Å². The van der Waals surface area contributed by atoms with Gasteiger partial charge in [-0.05, 0) is 24.1 Å². The summed E-state index contributed by atoms with van der Waals surface area (Å²) in [7, 11) is 0. The molecule has 92 valence electrons. The molecule has 0 saturated carbocycles. The van der Waals surface area contributed by atoms with Crippen LogP contribution in [0.25, 0.3) is 0 Å². The number of rotatable bonds is 1. The highest BCUT2D eigenvalue weighted by atomic mass is 16.2. The fraction of sp³-hybridized carbons (Fsp3) is 0.462. The molecule has 0 aromatic heterocycles. The van der Waals surface area contributed by atoms with Gasteiger partial charge < -0.3 is 16.4 Å². The number of fused-ring (bicyclic) bond motifs is 1. The molecular weight excluding hydrogens is 214 g/mol. The summed E-state index contributed by atoms with van der Waals surface area (Å²) in [5, 5.41) is 0. The second-order valence-corrected chi connectivity index (χ2v) is 5.32. The van der Waals surface area contributed by atoms with Crippen LogP contribution in [0.4, 0.5) is 11.4 Å². The Kier molecular flexibility index (Phi) is 2.62. The summed E-state index contributed by atoms with van der Waals surface area (Å²) in [5.41, 5.74) is 15.2. The molecule has 4 heteroatoms. The van der Waals surface area contributed by atoms with Gasteiger partial charge in [-0.3, -0.25) is 4.79 Å². The van der Waals surface area contributed by atoms with Crippen LogP contribution < -0.4 is 16.4 Å². The van der Waals surface area contributed by atoms with Crippen LogP contribution in [0.15, 0.2) is 12.1 Å². The second-order valence-electron chi connectivity index (χ2n) is 5.32. The zero-order valence-electron chi connectivity index (χ0n) is 10.6. The first-order chi connectivity index (χ1) is 7.86. The molecule has 0 bridgehead atoms. The minimum Gasteiger partial charge on any atom is -0.397 e. The Morgan fingerprint density at radius 2 is 2.12 bits per heavy atom. The lowest BCUT2D eigenvalue weighted by atomic mass is 9.86. The van der Waals surface area contributed by atoms with Crippen molar-refractivity contribution in [2.24, 2.45) is 5.73 Å². The fourth-order valence-electron chi connectivity index (χ4n) is 2.51. The first-order valence-corrected chi connectivity index (χ1v) is 5.78. The number of nitrogens with two attached hydrogens (primary N) is 2. The third kappa shape index (κ3) is 1.78. The van der Waals surface area contributed by atoms with Crippen LogP contribution in [-0.4, -0.2) is 19.0 Å². The van der Waals surface area contributed by atoms with Gasteiger partial charge in [0.1, 0.15) is 0 Å². The van der Waals surface area contributed by atoms with E-state index in [1.54, 1.807) is 4.90 Å². The van der Waals surface area contributed by atoms with E-state index in [1.165, 1.54) is 0 Å². The normalized spacial score (nSPS) is 17.1. The number of aryl methyl sites for hydroxylation is 1. The highest BCUT2D eigenvalue weighted by Crippen LogP contribution is 2.44. The number of hydrogen-bond acceptors (Lipinski definition) is 3. The van der Waals surface area contributed by atoms with Gasteiger partial charge in [-0.25, -0.2) is 0 Å². The van der Waals surface area contributed by atoms with E-state index < -0.39 is 0 Å². The quantitative estimate of drug-likeness (QED) is 0.715. The summed E-state index contributed by atoms with van der Waals surface area (Å²) >= 11 is 0. The Hall–Kier alpha value is -1.55. The van der Waals surface area contributed by atoms with E-state index in [-0.39, 0.29) is 17.9 Å². The van der Waals surface area contributed by atoms with Crippen molar-refractivity contribution in [3.05, 3.63) is 23.3 Å². The molecule has 4 nitrogen and oxygen atoms in total. The van der Waals surface area contributed by atoms with Crippen LogP contribution in [0.3, 0.4) is 0 Å². The van der Waals surface area contributed by atoms with Crippen LogP contribution >= 0.6 is 0 Å². The predicted molar refractivity (Wildman–Crippen MR) is 70.0 cm³/mol. The molecule has 1 amide bonds. The molecular formula is C13H19N3O. The molecule has 0 atom stereocenters. The first kappa shape index (κ1) is 11.9. The van der Waals surface area contributed by atoms with E-state index >= 15 is 0 Å². The number of nitrogen functional groups attached to an aromatic ring is 1. The summed E-state index contributed by atoms with van der Waals surface area (Å²) < 4.78 is 0. The Labute approximate surface area is 102 Å². The molecule has 1 heterocycles. The minimum atomic E-state index is -0.0765. The maximum atomic E-state index is 11.8. The lowest BCUT2D eigenvalue weighted by molar-refractivity contribution is -0.117. The van der Waals surface area contributed by atoms with Crippen molar-refractivity contribution >= 4 is 17.3 Å². The number of carbonyl (C=O) groups excluding carboxylic acids is 1. The van der Waals surface area contributed by atoms with Gasteiger partial charge in [0, 0.05) is 12.0 Å². The van der Waals surface area contributed by atoms with Gasteiger partial charge in [-0.2, -0.15) is 0 Å². The molecule has 17 heavy (non-hydrogen) atoms. The molecule has 0 fully saturated rings. The average Bonchev–Trinajstić information content (AvgIpc) is 2.50. The van der Waals surface area contributed by atoms with E-state index in [9.17, 15) is 4.79 Å². The molecule has 2 rings (SSSR count). The van der Waals surface area contributed by atoms with Crippen molar-refractivity contribution in [2.45, 2.75) is 26.2 Å². The lowest BCUT2D eigenvalue weighted by Gasteiger charge is -2.20. The molecule has 1 aliphatic rings. The van der Waals surface area contributed by atoms with Gasteiger partial charge >= 0.3 is 0 Å². The monoisotopic (exact) mass is 233 g/mol. The average molecular weight is 233 g/mol. The summed E-state index contributed by atoms with van der Waals surface area (Å²) in [5.74, 6) is -0.0765. The summed E-state index contributed by atoms with van der Waals surface area (Å²) in [6.07, 6.45) is 0. The maximum absolute atomic E-state index is 11.8. The largest absolute Gasteiger partial charge is 0.397 e. The number of benzene rings is 1. The third-order valence-electron chi connectivity index (χ3n) is 3.31. The number of hydrogen-bond donors (Lipinski definition) is 2. The molecule has 0 aliphatic carbocycles. The Balaban J connectivity index is 2.61. The second kappa shape index (κ2) is 3.74. The van der Waals surface area contributed by atoms with Crippen molar-refractivity contribution < 1.29 is 4.79 Å². The first-order valence-electron chi connectivity index (χ1n) is 5.78. The van der Waals surface area contributed by atoms with Crippen molar-refractivity contribution in [1.29, 1.82) is 0 Å². The Bertz CT molecular complexity index is 480. The van der Waals surface area contributed by atoms with E-state index in [1.807, 2.05) is 13.0 Å². The molecule has 1 aromatic rings. The molecule has 0 spiro atoms. The maximum Gasteiger partial charge on any atom is 0.240 e. The van der Waals surface area contributed by atoms with Gasteiger partial charge in [-0.15, -0.1) is 0 Å². The highest BCUT2D eigenvalue weighted by Gasteiger charge is 2.38. The molecule has 1 aromatic carbocycles. The van der Waals surface area contributed by atoms with E-state index in [2.05, 4.69) is 19.9 Å². The number of amides is 1. The van der Waals surface area contributed by atoms with Crippen molar-refractivity contribution in [1.82, 2.24) is 0 Å². The van der Waals surface area contributed by atoms with Crippen molar-refractivity contribution in [3.8, 4) is 0 Å². The van der Waals surface area contributed by atoms with Gasteiger partial charge in [0.25, 0.3) is 0 Å². The Morgan fingerprint density at radius 1 is 1.47 bits per heavy atom. The van der Waals surface area contributed by atoms with Crippen LogP contribution in [0.2, 0.25) is 0 Å². The molecule has 0 saturated heterocycles. The van der Waals surface area contributed by atoms with Crippen LogP contribution in [-0.2, 0) is 10.2 Å². The van der Waals surface area contributed by atoms with E-state index in [0.717, 1.165) is 16.8 Å². The van der Waals surface area contributed by atoms with Crippen LogP contribution in [0.1, 0.15) is 25.0 Å². The highest BCUT2D eigenvalue weighted by molar-refractivity contribution is 6.00. The number of nitrogens with zero attached hydrogens (tertiary/aromatic N) is 1. The van der Waals surface area contributed by atoms with E-state index in [0.29, 0.717) is 12.2 Å². The molecule has 0 unspecified atom stereocenters. The fourth-order valence-corrected chi connectivity index (χ4v) is 2.51. The minimum absolute atomic E-state index is 0.0167. The SMILES string of the molecule is Cc1cc(N)c2c(c1)C(C)(C)CN2C(=O)CN. The topological polar surface area (TPSA) is 72.3 Å². The molecule has 0 radical (unpaired) electrons. The summed E-state index contributed by atoms with van der Waals surface area (Å²) in [6, 6.07) is 4.01. The lowest BCUT2D eigenvalue weighted by Crippen LogP contribution is -2.38. The van der Waals surface area contributed by atoms with Crippen molar-refractivity contribution in [2.75, 3.05) is 23.7 Å². The summed E-state index contributed by atoms with van der Waals surface area (Å²) in [6.45, 7) is 6.91. The Morgan fingerprint density at radius 3 is 2.71 bits per heavy atom. The van der Waals surface area contributed by atoms with Gasteiger partial charge in [0.15, 0.2) is 0 Å². The number of carbonyl (C=O) groups is 1. The predicted octanol–water partition coefficient (Wildman–Crippen LogP) is 1.16. The van der Waals surface area contributed by atoms with Crippen LogP contribution in [0.5, 0.6) is 0 Å². The standard InChI is InChI=1S/C13H19N3O/c1-8-4-9-12(10(15)5-8)16(11(17)6-14)7-13(9,2)3/h4-5H,6-7,14-15H2,1-3H3. The zero-order chi connectivity index (χ0) is 12.8. The number of anilines is 2. The molecule has 1 aliphatic heterocycles. The van der Waals surface area contributed by atoms with Gasteiger partial charge in [0.2, 0.25) is 5.91 Å². The smallest absolute Gasteiger partial charge is 0.240 e. The zero-order valence-corrected chi connectivity index (χ0v) is 10.6. The van der Waals surface area contributed by atoms with Gasteiger partial charge in [-0.1, -0.05) is 19.9 Å². The molecule has 4 N–H and O–H groups in total.